The number of aromatic nitrogens is 2. The summed E-state index contributed by atoms with van der Waals surface area (Å²) >= 11 is 5.82. The Labute approximate surface area is 138 Å². The molecule has 0 N–H and O–H groups in total. The molecule has 0 radical (unpaired) electrons. The van der Waals surface area contributed by atoms with Gasteiger partial charge in [0.1, 0.15) is 6.61 Å². The Morgan fingerprint density at radius 3 is 2.87 bits per heavy atom. The molecular weight excluding hydrogens is 331 g/mol. The van der Waals surface area contributed by atoms with E-state index in [2.05, 4.69) is 22.0 Å². The van der Waals surface area contributed by atoms with Crippen LogP contribution in [0.5, 0.6) is 5.75 Å². The predicted molar refractivity (Wildman–Crippen MR) is 79.5 cm³/mol. The van der Waals surface area contributed by atoms with E-state index in [0.717, 1.165) is 31.9 Å². The minimum Gasteiger partial charge on any atom is -0.489 e. The summed E-state index contributed by atoms with van der Waals surface area (Å²) in [6.45, 7) is 3.54. The van der Waals surface area contributed by atoms with Gasteiger partial charge in [-0.15, -0.1) is 10.2 Å². The van der Waals surface area contributed by atoms with Crippen molar-refractivity contribution in [1.29, 1.82) is 0 Å². The largest absolute Gasteiger partial charge is 0.489 e. The minimum atomic E-state index is -4.56. The van der Waals surface area contributed by atoms with Crippen LogP contribution >= 0.6 is 11.6 Å². The van der Waals surface area contributed by atoms with Gasteiger partial charge >= 0.3 is 6.18 Å². The standard InChI is InChI=1S/C15H19ClF3N3O/c1-2-14-5-3-7-22(14)10(4-6-14)9-23-11-8-12(15(17,18)19)20-21-13(11)16/h8,10H,2-7,9H2,1H3/t10-,14-/m0/s1. The van der Waals surface area contributed by atoms with Crippen LogP contribution in [0, 0.1) is 0 Å². The fraction of sp³-hybridized carbons (Fsp3) is 0.733. The molecule has 2 fully saturated rings. The number of nitrogens with zero attached hydrogens (tertiary/aromatic N) is 3. The van der Waals surface area contributed by atoms with Gasteiger partial charge in [-0.25, -0.2) is 0 Å². The van der Waals surface area contributed by atoms with Crippen molar-refractivity contribution in [3.63, 3.8) is 0 Å². The van der Waals surface area contributed by atoms with E-state index in [4.69, 9.17) is 16.3 Å². The second-order valence-electron chi connectivity index (χ2n) is 6.26. The van der Waals surface area contributed by atoms with Crippen LogP contribution < -0.4 is 4.74 Å². The Morgan fingerprint density at radius 2 is 2.17 bits per heavy atom. The Bertz CT molecular complexity index is 584. The topological polar surface area (TPSA) is 38.2 Å². The Kier molecular flexibility index (Phi) is 4.44. The van der Waals surface area contributed by atoms with Crippen molar-refractivity contribution in [2.75, 3.05) is 13.2 Å². The molecule has 0 amide bonds. The smallest absolute Gasteiger partial charge is 0.435 e. The van der Waals surface area contributed by atoms with Gasteiger partial charge in [0, 0.05) is 17.6 Å². The zero-order chi connectivity index (χ0) is 16.7. The zero-order valence-corrected chi connectivity index (χ0v) is 13.6. The lowest BCUT2D eigenvalue weighted by molar-refractivity contribution is -0.141. The zero-order valence-electron chi connectivity index (χ0n) is 12.9. The van der Waals surface area contributed by atoms with E-state index in [1.54, 1.807) is 0 Å². The van der Waals surface area contributed by atoms with E-state index in [1.165, 1.54) is 12.8 Å². The van der Waals surface area contributed by atoms with Crippen molar-refractivity contribution in [3.05, 3.63) is 16.9 Å². The Hall–Kier alpha value is -1.08. The molecule has 2 atom stereocenters. The molecule has 128 valence electrons. The van der Waals surface area contributed by atoms with Gasteiger partial charge in [0.25, 0.3) is 0 Å². The lowest BCUT2D eigenvalue weighted by atomic mass is 9.91. The van der Waals surface area contributed by atoms with E-state index in [-0.39, 0.29) is 22.5 Å². The normalized spacial score (nSPS) is 28.1. The van der Waals surface area contributed by atoms with Crippen LogP contribution in [-0.2, 0) is 6.18 Å². The molecule has 1 aromatic rings. The molecule has 0 saturated carbocycles. The van der Waals surface area contributed by atoms with Crippen LogP contribution in [0.3, 0.4) is 0 Å². The first-order chi connectivity index (χ1) is 10.9. The highest BCUT2D eigenvalue weighted by atomic mass is 35.5. The summed E-state index contributed by atoms with van der Waals surface area (Å²) in [6.07, 6.45) is 1.01. The van der Waals surface area contributed by atoms with Gasteiger partial charge in [0.2, 0.25) is 0 Å². The molecule has 0 unspecified atom stereocenters. The molecule has 0 spiro atoms. The maximum absolute atomic E-state index is 12.7. The highest BCUT2D eigenvalue weighted by molar-refractivity contribution is 6.30. The summed E-state index contributed by atoms with van der Waals surface area (Å²) in [7, 11) is 0. The first kappa shape index (κ1) is 16.8. The number of halogens is 4. The molecule has 0 aliphatic carbocycles. The fourth-order valence-electron chi connectivity index (χ4n) is 3.90. The molecule has 2 aliphatic rings. The van der Waals surface area contributed by atoms with E-state index in [1.807, 2.05) is 0 Å². The second-order valence-corrected chi connectivity index (χ2v) is 6.62. The molecule has 2 aliphatic heterocycles. The van der Waals surface area contributed by atoms with E-state index in [9.17, 15) is 13.2 Å². The van der Waals surface area contributed by atoms with Crippen LogP contribution in [-0.4, -0.2) is 39.8 Å². The first-order valence-corrected chi connectivity index (χ1v) is 8.23. The van der Waals surface area contributed by atoms with Gasteiger partial charge in [-0.3, -0.25) is 4.90 Å². The Morgan fingerprint density at radius 1 is 1.39 bits per heavy atom. The fourth-order valence-corrected chi connectivity index (χ4v) is 4.05. The van der Waals surface area contributed by atoms with Crippen molar-refractivity contribution in [2.24, 2.45) is 0 Å². The van der Waals surface area contributed by atoms with Crippen LogP contribution in [0.2, 0.25) is 5.15 Å². The molecule has 3 rings (SSSR count). The van der Waals surface area contributed by atoms with E-state index < -0.39 is 11.9 Å². The van der Waals surface area contributed by atoms with Crippen LogP contribution in [0.1, 0.15) is 44.7 Å². The molecule has 23 heavy (non-hydrogen) atoms. The van der Waals surface area contributed by atoms with Gasteiger partial charge in [0.15, 0.2) is 16.6 Å². The van der Waals surface area contributed by atoms with Gasteiger partial charge in [-0.2, -0.15) is 13.2 Å². The summed E-state index contributed by atoms with van der Waals surface area (Å²) in [5.74, 6) is -0.0535. The van der Waals surface area contributed by atoms with Crippen LogP contribution in [0.25, 0.3) is 0 Å². The molecule has 4 nitrogen and oxygen atoms in total. The minimum absolute atomic E-state index is 0.0535. The monoisotopic (exact) mass is 349 g/mol. The number of hydrogen-bond acceptors (Lipinski definition) is 4. The average Bonchev–Trinajstić information content (AvgIpc) is 3.05. The molecule has 0 aromatic carbocycles. The molecule has 0 bridgehead atoms. The highest BCUT2D eigenvalue weighted by Crippen LogP contribution is 2.44. The van der Waals surface area contributed by atoms with E-state index in [0.29, 0.717) is 6.61 Å². The van der Waals surface area contributed by atoms with E-state index >= 15 is 0 Å². The predicted octanol–water partition coefficient (Wildman–Crippen LogP) is 3.93. The summed E-state index contributed by atoms with van der Waals surface area (Å²) in [5.41, 5.74) is -0.835. The molecule has 2 saturated heterocycles. The third kappa shape index (κ3) is 3.13. The number of rotatable bonds is 4. The lowest BCUT2D eigenvalue weighted by Gasteiger charge is -2.34. The van der Waals surface area contributed by atoms with Crippen molar-refractivity contribution in [2.45, 2.75) is 56.8 Å². The number of alkyl halides is 3. The third-order valence-electron chi connectivity index (χ3n) is 5.13. The number of hydrogen-bond donors (Lipinski definition) is 0. The lowest BCUT2D eigenvalue weighted by Crippen LogP contribution is -2.43. The quantitative estimate of drug-likeness (QED) is 0.825. The van der Waals surface area contributed by atoms with Crippen molar-refractivity contribution < 1.29 is 17.9 Å². The van der Waals surface area contributed by atoms with Gasteiger partial charge in [0.05, 0.1) is 0 Å². The maximum Gasteiger partial charge on any atom is 0.435 e. The average molecular weight is 350 g/mol. The number of fused-ring (bicyclic) bond motifs is 1. The van der Waals surface area contributed by atoms with Gasteiger partial charge < -0.3 is 4.74 Å². The maximum atomic E-state index is 12.7. The summed E-state index contributed by atoms with van der Waals surface area (Å²) < 4.78 is 43.7. The van der Waals surface area contributed by atoms with Crippen LogP contribution in [0.4, 0.5) is 13.2 Å². The van der Waals surface area contributed by atoms with Crippen LogP contribution in [0.15, 0.2) is 6.07 Å². The molecule has 8 heteroatoms. The summed E-state index contributed by atoms with van der Waals surface area (Å²) in [6, 6.07) is 1.04. The van der Waals surface area contributed by atoms with Gasteiger partial charge in [-0.05, 0) is 38.6 Å². The first-order valence-electron chi connectivity index (χ1n) is 7.86. The van der Waals surface area contributed by atoms with Gasteiger partial charge in [-0.1, -0.05) is 18.5 Å². The van der Waals surface area contributed by atoms with Crippen molar-refractivity contribution in [1.82, 2.24) is 15.1 Å². The second kappa shape index (κ2) is 6.09. The molecule has 3 heterocycles. The van der Waals surface area contributed by atoms with Crippen molar-refractivity contribution in [3.8, 4) is 5.75 Å². The van der Waals surface area contributed by atoms with Crippen molar-refractivity contribution >= 4 is 11.6 Å². The molecule has 1 aromatic heterocycles. The number of ether oxygens (including phenoxy) is 1. The SMILES string of the molecule is CC[C@@]12CCCN1[C@H](COc1cc(C(F)(F)F)nnc1Cl)CC2. The molecular formula is C15H19ClF3N3O. The third-order valence-corrected chi connectivity index (χ3v) is 5.39. The highest BCUT2D eigenvalue weighted by Gasteiger charge is 2.47. The summed E-state index contributed by atoms with van der Waals surface area (Å²) in [5, 5.41) is 6.27. The Balaban J connectivity index is 1.69. The summed E-state index contributed by atoms with van der Waals surface area (Å²) in [4.78, 5) is 2.46.